The molecule has 30 heavy (non-hydrogen) atoms. The monoisotopic (exact) mass is 446 g/mol. The molecule has 1 aromatic heterocycles. The van der Waals surface area contributed by atoms with E-state index in [2.05, 4.69) is 10.3 Å². The molecule has 158 valence electrons. The highest BCUT2D eigenvalue weighted by Crippen LogP contribution is 2.29. The fourth-order valence-corrected chi connectivity index (χ4v) is 4.63. The number of anilines is 1. The number of nitrogens with one attached hydrogen (secondary N) is 1. The van der Waals surface area contributed by atoms with Crippen LogP contribution in [0.25, 0.3) is 0 Å². The van der Waals surface area contributed by atoms with Crippen molar-refractivity contribution in [2.45, 2.75) is 24.8 Å². The SMILES string of the molecule is Cc1ccc(Cl)cc1N(CC(=O)NCCCn1ccnc1)S(=O)(=O)c1ccccc1. The number of imidazole rings is 1. The molecule has 9 heteroatoms. The third-order valence-electron chi connectivity index (χ3n) is 4.53. The van der Waals surface area contributed by atoms with E-state index in [4.69, 9.17) is 11.6 Å². The van der Waals surface area contributed by atoms with Crippen LogP contribution in [-0.4, -0.2) is 37.0 Å². The summed E-state index contributed by atoms with van der Waals surface area (Å²) in [6.07, 6.45) is 5.94. The van der Waals surface area contributed by atoms with Gasteiger partial charge in [0.05, 0.1) is 16.9 Å². The van der Waals surface area contributed by atoms with E-state index in [9.17, 15) is 13.2 Å². The molecule has 0 aliphatic heterocycles. The molecule has 1 heterocycles. The van der Waals surface area contributed by atoms with Crippen molar-refractivity contribution in [2.24, 2.45) is 0 Å². The number of halogens is 1. The summed E-state index contributed by atoms with van der Waals surface area (Å²) >= 11 is 6.12. The van der Waals surface area contributed by atoms with Gasteiger partial charge in [-0.2, -0.15) is 0 Å². The van der Waals surface area contributed by atoms with Gasteiger partial charge in [0.1, 0.15) is 6.54 Å². The van der Waals surface area contributed by atoms with Gasteiger partial charge < -0.3 is 9.88 Å². The van der Waals surface area contributed by atoms with Crippen LogP contribution in [0.5, 0.6) is 0 Å². The van der Waals surface area contributed by atoms with Crippen LogP contribution in [0.3, 0.4) is 0 Å². The topological polar surface area (TPSA) is 84.3 Å². The molecule has 1 amide bonds. The van der Waals surface area contributed by atoms with Gasteiger partial charge in [-0.05, 0) is 43.2 Å². The number of aryl methyl sites for hydroxylation is 2. The summed E-state index contributed by atoms with van der Waals surface area (Å²) in [5.74, 6) is -0.389. The van der Waals surface area contributed by atoms with Crippen LogP contribution < -0.4 is 9.62 Å². The Kier molecular flexibility index (Phi) is 7.12. The van der Waals surface area contributed by atoms with Gasteiger partial charge in [0, 0.05) is 30.5 Å². The Bertz CT molecular complexity index is 1090. The molecule has 0 bridgehead atoms. The van der Waals surface area contributed by atoms with Gasteiger partial charge in [0.2, 0.25) is 5.91 Å². The largest absolute Gasteiger partial charge is 0.354 e. The number of rotatable bonds is 9. The lowest BCUT2D eigenvalue weighted by atomic mass is 10.2. The van der Waals surface area contributed by atoms with E-state index in [1.807, 2.05) is 10.8 Å². The molecule has 0 spiro atoms. The van der Waals surface area contributed by atoms with Crippen LogP contribution in [0.4, 0.5) is 5.69 Å². The van der Waals surface area contributed by atoms with Gasteiger partial charge in [-0.1, -0.05) is 35.9 Å². The molecule has 0 fully saturated rings. The maximum Gasteiger partial charge on any atom is 0.264 e. The lowest BCUT2D eigenvalue weighted by Crippen LogP contribution is -2.41. The molecule has 3 rings (SSSR count). The second-order valence-electron chi connectivity index (χ2n) is 6.76. The second kappa shape index (κ2) is 9.77. The molecule has 0 unspecified atom stereocenters. The zero-order valence-electron chi connectivity index (χ0n) is 16.5. The lowest BCUT2D eigenvalue weighted by Gasteiger charge is -2.26. The van der Waals surface area contributed by atoms with E-state index >= 15 is 0 Å². The number of sulfonamides is 1. The maximum atomic E-state index is 13.3. The summed E-state index contributed by atoms with van der Waals surface area (Å²) < 4.78 is 29.6. The zero-order chi connectivity index (χ0) is 21.6. The summed E-state index contributed by atoms with van der Waals surface area (Å²) in [5.41, 5.74) is 1.08. The molecule has 0 atom stereocenters. The van der Waals surface area contributed by atoms with Crippen molar-refractivity contribution in [1.82, 2.24) is 14.9 Å². The predicted octanol–water partition coefficient (Wildman–Crippen LogP) is 3.25. The summed E-state index contributed by atoms with van der Waals surface area (Å²) in [5, 5.41) is 3.18. The summed E-state index contributed by atoms with van der Waals surface area (Å²) in [6, 6.07) is 13.0. The smallest absolute Gasteiger partial charge is 0.264 e. The van der Waals surface area contributed by atoms with Gasteiger partial charge in [0.15, 0.2) is 0 Å². The van der Waals surface area contributed by atoms with Crippen LogP contribution in [0.1, 0.15) is 12.0 Å². The van der Waals surface area contributed by atoms with E-state index in [1.165, 1.54) is 12.1 Å². The Morgan fingerprint density at radius 2 is 1.97 bits per heavy atom. The molecule has 7 nitrogen and oxygen atoms in total. The van der Waals surface area contributed by atoms with Crippen LogP contribution in [-0.2, 0) is 21.4 Å². The number of hydrogen-bond acceptors (Lipinski definition) is 4. The van der Waals surface area contributed by atoms with Crippen molar-refractivity contribution < 1.29 is 13.2 Å². The van der Waals surface area contributed by atoms with Gasteiger partial charge in [-0.3, -0.25) is 9.10 Å². The molecule has 0 saturated carbocycles. The van der Waals surface area contributed by atoms with E-state index in [0.717, 1.165) is 4.31 Å². The summed E-state index contributed by atoms with van der Waals surface area (Å²) in [6.45, 7) is 2.57. The third kappa shape index (κ3) is 5.40. The fourth-order valence-electron chi connectivity index (χ4n) is 2.97. The van der Waals surface area contributed by atoms with Gasteiger partial charge in [-0.25, -0.2) is 13.4 Å². The van der Waals surface area contributed by atoms with Gasteiger partial charge in [0.25, 0.3) is 10.0 Å². The van der Waals surface area contributed by atoms with Gasteiger partial charge >= 0.3 is 0 Å². The van der Waals surface area contributed by atoms with Crippen molar-refractivity contribution >= 4 is 33.2 Å². The molecule has 3 aromatic rings. The average Bonchev–Trinajstić information content (AvgIpc) is 3.25. The normalized spacial score (nSPS) is 11.3. The minimum absolute atomic E-state index is 0.109. The van der Waals surface area contributed by atoms with Crippen molar-refractivity contribution in [3.05, 3.63) is 77.8 Å². The number of benzene rings is 2. The number of carbonyl (C=O) groups excluding carboxylic acids is 1. The molecule has 0 radical (unpaired) electrons. The Hall–Kier alpha value is -2.84. The summed E-state index contributed by atoms with van der Waals surface area (Å²) in [7, 11) is -3.95. The zero-order valence-corrected chi connectivity index (χ0v) is 18.1. The minimum Gasteiger partial charge on any atom is -0.354 e. The molecule has 0 saturated heterocycles. The first kappa shape index (κ1) is 21.9. The third-order valence-corrected chi connectivity index (χ3v) is 6.54. The molecule has 0 aliphatic carbocycles. The van der Waals surface area contributed by atoms with Crippen molar-refractivity contribution in [3.8, 4) is 0 Å². The molecular formula is C21H23ClN4O3S. The first-order valence-electron chi connectivity index (χ1n) is 9.44. The fraction of sp³-hybridized carbons (Fsp3) is 0.238. The van der Waals surface area contributed by atoms with Crippen molar-refractivity contribution in [3.63, 3.8) is 0 Å². The number of carbonyl (C=O) groups is 1. The van der Waals surface area contributed by atoms with Gasteiger partial charge in [-0.15, -0.1) is 0 Å². The van der Waals surface area contributed by atoms with Crippen LogP contribution in [0.15, 0.2) is 72.1 Å². The van der Waals surface area contributed by atoms with Crippen molar-refractivity contribution in [2.75, 3.05) is 17.4 Å². The van der Waals surface area contributed by atoms with Crippen LogP contribution in [0.2, 0.25) is 5.02 Å². The maximum absolute atomic E-state index is 13.3. The lowest BCUT2D eigenvalue weighted by molar-refractivity contribution is -0.119. The van der Waals surface area contributed by atoms with E-state index in [1.54, 1.807) is 55.8 Å². The second-order valence-corrected chi connectivity index (χ2v) is 9.06. The number of aromatic nitrogens is 2. The molecular weight excluding hydrogens is 424 g/mol. The van der Waals surface area contributed by atoms with Crippen molar-refractivity contribution in [1.29, 1.82) is 0 Å². The Morgan fingerprint density at radius 3 is 2.67 bits per heavy atom. The molecule has 0 aliphatic rings. The number of nitrogens with zero attached hydrogens (tertiary/aromatic N) is 3. The number of hydrogen-bond donors (Lipinski definition) is 1. The Balaban J connectivity index is 1.77. The molecule has 1 N–H and O–H groups in total. The predicted molar refractivity (Wildman–Crippen MR) is 117 cm³/mol. The highest BCUT2D eigenvalue weighted by atomic mass is 35.5. The van der Waals surface area contributed by atoms with Crippen LogP contribution in [0, 0.1) is 6.92 Å². The first-order chi connectivity index (χ1) is 14.4. The average molecular weight is 447 g/mol. The number of amides is 1. The van der Waals surface area contributed by atoms with E-state index in [0.29, 0.717) is 35.8 Å². The highest BCUT2D eigenvalue weighted by molar-refractivity contribution is 7.92. The quantitative estimate of drug-likeness (QED) is 0.511. The van der Waals surface area contributed by atoms with Crippen LogP contribution >= 0.6 is 11.6 Å². The standard InChI is InChI=1S/C21H23ClN4O3S/c1-17-8-9-18(22)14-20(17)26(30(28,29)19-6-3-2-4-7-19)15-21(27)24-10-5-12-25-13-11-23-16-25/h2-4,6-9,11,13-14,16H,5,10,12,15H2,1H3,(H,24,27). The Labute approximate surface area is 181 Å². The van der Waals surface area contributed by atoms with E-state index < -0.39 is 10.0 Å². The minimum atomic E-state index is -3.95. The summed E-state index contributed by atoms with van der Waals surface area (Å²) in [4.78, 5) is 16.7. The Morgan fingerprint density at radius 1 is 1.20 bits per heavy atom. The van der Waals surface area contributed by atoms with E-state index in [-0.39, 0.29) is 17.3 Å². The first-order valence-corrected chi connectivity index (χ1v) is 11.3. The molecule has 2 aromatic carbocycles. The highest BCUT2D eigenvalue weighted by Gasteiger charge is 2.28.